The van der Waals surface area contributed by atoms with Gasteiger partial charge in [0.25, 0.3) is 0 Å². The summed E-state index contributed by atoms with van der Waals surface area (Å²) in [6.45, 7) is 0.00322. The van der Waals surface area contributed by atoms with Crippen molar-refractivity contribution in [2.75, 3.05) is 13.7 Å². The van der Waals surface area contributed by atoms with E-state index in [9.17, 15) is 9.50 Å². The summed E-state index contributed by atoms with van der Waals surface area (Å²) in [5.41, 5.74) is 5.39. The van der Waals surface area contributed by atoms with Gasteiger partial charge in [-0.15, -0.1) is 0 Å². The highest BCUT2D eigenvalue weighted by atomic mass is 19.1. The van der Waals surface area contributed by atoms with Crippen LogP contribution < -0.4 is 10.5 Å². The molecule has 4 heteroatoms. The highest BCUT2D eigenvalue weighted by Gasteiger charge is 2.11. The number of hydrogen-bond acceptors (Lipinski definition) is 3. The quantitative estimate of drug-likeness (QED) is 0.733. The molecule has 0 aliphatic carbocycles. The molecule has 0 bridgehead atoms. The van der Waals surface area contributed by atoms with Gasteiger partial charge in [-0.05, 0) is 12.1 Å². The van der Waals surface area contributed by atoms with Crippen LogP contribution in [0.15, 0.2) is 18.2 Å². The number of nitrogens with two attached hydrogens (primary N) is 1. The Hall–Kier alpha value is -1.13. The fraction of sp³-hybridized carbons (Fsp3) is 0.333. The highest BCUT2D eigenvalue weighted by molar-refractivity contribution is 5.30. The second kappa shape index (κ2) is 4.20. The van der Waals surface area contributed by atoms with Crippen LogP contribution >= 0.6 is 0 Å². The minimum Gasteiger partial charge on any atom is -0.497 e. The Balaban J connectivity index is 2.98. The molecule has 1 aromatic rings. The lowest BCUT2D eigenvalue weighted by molar-refractivity contribution is 0.181. The van der Waals surface area contributed by atoms with E-state index in [-0.39, 0.29) is 12.1 Å². The first kappa shape index (κ1) is 9.95. The number of halogens is 1. The minimum atomic E-state index is -0.953. The van der Waals surface area contributed by atoms with Crippen molar-refractivity contribution in [3.63, 3.8) is 0 Å². The van der Waals surface area contributed by atoms with E-state index >= 15 is 0 Å². The van der Waals surface area contributed by atoms with Gasteiger partial charge in [0, 0.05) is 18.2 Å². The third-order valence-corrected chi connectivity index (χ3v) is 1.79. The lowest BCUT2D eigenvalue weighted by Gasteiger charge is -2.09. The van der Waals surface area contributed by atoms with Crippen molar-refractivity contribution in [3.05, 3.63) is 29.6 Å². The molecule has 72 valence electrons. The highest BCUT2D eigenvalue weighted by Crippen LogP contribution is 2.20. The van der Waals surface area contributed by atoms with Crippen LogP contribution in [0.1, 0.15) is 11.7 Å². The Labute approximate surface area is 75.9 Å². The zero-order chi connectivity index (χ0) is 9.84. The van der Waals surface area contributed by atoms with Gasteiger partial charge in [-0.25, -0.2) is 4.39 Å². The number of methoxy groups -OCH3 is 1. The molecular formula is C9H12FNO2. The number of ether oxygens (including phenoxy) is 1. The Kier molecular flexibility index (Phi) is 3.22. The second-order valence-electron chi connectivity index (χ2n) is 2.64. The zero-order valence-electron chi connectivity index (χ0n) is 7.33. The molecule has 0 aliphatic heterocycles. The molecular weight excluding hydrogens is 173 g/mol. The Morgan fingerprint density at radius 1 is 1.62 bits per heavy atom. The van der Waals surface area contributed by atoms with Gasteiger partial charge in [-0.3, -0.25) is 0 Å². The summed E-state index contributed by atoms with van der Waals surface area (Å²) < 4.78 is 18.0. The summed E-state index contributed by atoms with van der Waals surface area (Å²) in [6.07, 6.45) is -0.953. The number of benzene rings is 1. The van der Waals surface area contributed by atoms with Gasteiger partial charge in [0.15, 0.2) is 0 Å². The third-order valence-electron chi connectivity index (χ3n) is 1.79. The van der Waals surface area contributed by atoms with Crippen LogP contribution in [-0.4, -0.2) is 18.8 Å². The topological polar surface area (TPSA) is 55.5 Å². The molecule has 0 saturated carbocycles. The van der Waals surface area contributed by atoms with Crippen LogP contribution in [0.25, 0.3) is 0 Å². The summed E-state index contributed by atoms with van der Waals surface area (Å²) in [5.74, 6) is -0.0808. The smallest absolute Gasteiger partial charge is 0.132 e. The molecule has 0 aromatic heterocycles. The van der Waals surface area contributed by atoms with Crippen LogP contribution in [0, 0.1) is 5.82 Å². The second-order valence-corrected chi connectivity index (χ2v) is 2.64. The molecule has 1 unspecified atom stereocenters. The Bertz CT molecular complexity index is 291. The van der Waals surface area contributed by atoms with E-state index in [1.165, 1.54) is 19.2 Å². The van der Waals surface area contributed by atoms with Crippen LogP contribution in [0.4, 0.5) is 4.39 Å². The lowest BCUT2D eigenvalue weighted by Crippen LogP contribution is -2.12. The monoisotopic (exact) mass is 185 g/mol. The first-order valence-electron chi connectivity index (χ1n) is 3.90. The average molecular weight is 185 g/mol. The first-order chi connectivity index (χ1) is 6.19. The SMILES string of the molecule is COc1ccc(C(O)CN)c(F)c1. The van der Waals surface area contributed by atoms with E-state index < -0.39 is 11.9 Å². The van der Waals surface area contributed by atoms with E-state index in [1.54, 1.807) is 6.07 Å². The van der Waals surface area contributed by atoms with Gasteiger partial charge in [-0.1, -0.05) is 0 Å². The number of hydrogen-bond donors (Lipinski definition) is 2. The summed E-state index contributed by atoms with van der Waals surface area (Å²) >= 11 is 0. The zero-order valence-corrected chi connectivity index (χ0v) is 7.33. The van der Waals surface area contributed by atoms with E-state index in [0.29, 0.717) is 5.75 Å². The van der Waals surface area contributed by atoms with E-state index in [0.717, 1.165) is 0 Å². The maximum atomic E-state index is 13.2. The van der Waals surface area contributed by atoms with Gasteiger partial charge < -0.3 is 15.6 Å². The van der Waals surface area contributed by atoms with Crippen molar-refractivity contribution in [3.8, 4) is 5.75 Å². The van der Waals surface area contributed by atoms with Gasteiger partial charge >= 0.3 is 0 Å². The molecule has 0 fully saturated rings. The molecule has 3 nitrogen and oxygen atoms in total. The van der Waals surface area contributed by atoms with E-state index in [4.69, 9.17) is 10.5 Å². The summed E-state index contributed by atoms with van der Waals surface area (Å²) in [5, 5.41) is 9.27. The predicted octanol–water partition coefficient (Wildman–Crippen LogP) is 0.826. The molecule has 0 amide bonds. The molecule has 0 saturated heterocycles. The number of aliphatic hydroxyl groups excluding tert-OH is 1. The van der Waals surface area contributed by atoms with Crippen molar-refractivity contribution in [1.82, 2.24) is 0 Å². The maximum Gasteiger partial charge on any atom is 0.132 e. The normalized spacial score (nSPS) is 12.6. The van der Waals surface area contributed by atoms with Gasteiger partial charge in [0.05, 0.1) is 13.2 Å². The molecule has 1 rings (SSSR count). The van der Waals surface area contributed by atoms with Crippen molar-refractivity contribution in [2.45, 2.75) is 6.10 Å². The molecule has 3 N–H and O–H groups in total. The average Bonchev–Trinajstić information content (AvgIpc) is 2.16. The molecule has 0 aliphatic rings. The van der Waals surface area contributed by atoms with Crippen molar-refractivity contribution in [1.29, 1.82) is 0 Å². The van der Waals surface area contributed by atoms with E-state index in [2.05, 4.69) is 0 Å². The number of rotatable bonds is 3. The number of aliphatic hydroxyl groups is 1. The molecule has 0 radical (unpaired) electrons. The van der Waals surface area contributed by atoms with Crippen molar-refractivity contribution < 1.29 is 14.2 Å². The fourth-order valence-corrected chi connectivity index (χ4v) is 1.03. The lowest BCUT2D eigenvalue weighted by atomic mass is 10.1. The van der Waals surface area contributed by atoms with Crippen LogP contribution in [0.2, 0.25) is 0 Å². The van der Waals surface area contributed by atoms with E-state index in [1.807, 2.05) is 0 Å². The summed E-state index contributed by atoms with van der Waals surface area (Å²) in [4.78, 5) is 0. The maximum absolute atomic E-state index is 13.2. The summed E-state index contributed by atoms with van der Waals surface area (Å²) in [6, 6.07) is 4.26. The largest absolute Gasteiger partial charge is 0.497 e. The Morgan fingerprint density at radius 2 is 2.31 bits per heavy atom. The summed E-state index contributed by atoms with van der Waals surface area (Å²) in [7, 11) is 1.45. The predicted molar refractivity (Wildman–Crippen MR) is 47.0 cm³/mol. The van der Waals surface area contributed by atoms with Crippen LogP contribution in [0.5, 0.6) is 5.75 Å². The fourth-order valence-electron chi connectivity index (χ4n) is 1.03. The molecule has 0 heterocycles. The molecule has 1 aromatic carbocycles. The molecule has 13 heavy (non-hydrogen) atoms. The Morgan fingerprint density at radius 3 is 2.77 bits per heavy atom. The van der Waals surface area contributed by atoms with Gasteiger partial charge in [-0.2, -0.15) is 0 Å². The van der Waals surface area contributed by atoms with Gasteiger partial charge in [0.2, 0.25) is 0 Å². The third kappa shape index (κ3) is 2.17. The van der Waals surface area contributed by atoms with Gasteiger partial charge in [0.1, 0.15) is 11.6 Å². The van der Waals surface area contributed by atoms with Crippen molar-refractivity contribution in [2.24, 2.45) is 5.73 Å². The van der Waals surface area contributed by atoms with Crippen LogP contribution in [-0.2, 0) is 0 Å². The van der Waals surface area contributed by atoms with Crippen LogP contribution in [0.3, 0.4) is 0 Å². The van der Waals surface area contributed by atoms with Crippen molar-refractivity contribution >= 4 is 0 Å². The molecule has 0 spiro atoms. The standard InChI is InChI=1S/C9H12FNO2/c1-13-6-2-3-7(8(10)4-6)9(12)5-11/h2-4,9,12H,5,11H2,1H3. The minimum absolute atomic E-state index is 0.00322. The molecule has 1 atom stereocenters. The first-order valence-corrected chi connectivity index (χ1v) is 3.90.